The van der Waals surface area contributed by atoms with Crippen LogP contribution in [0.2, 0.25) is 0 Å². The topological polar surface area (TPSA) is 38.9 Å². The molecule has 0 saturated heterocycles. The fourth-order valence-electron chi connectivity index (χ4n) is 0.603. The largest absolute Gasteiger partial charge is 0.397 e. The van der Waals surface area contributed by atoms with Gasteiger partial charge >= 0.3 is 0 Å². The Hall–Kier alpha value is -1.31. The van der Waals surface area contributed by atoms with E-state index in [0.29, 0.717) is 5.69 Å². The first kappa shape index (κ1) is 9.69. The van der Waals surface area contributed by atoms with Crippen molar-refractivity contribution in [3.63, 3.8) is 0 Å². The van der Waals surface area contributed by atoms with Crippen LogP contribution >= 0.6 is 0 Å². The van der Waals surface area contributed by atoms with E-state index in [0.717, 1.165) is 5.56 Å². The lowest BCUT2D eigenvalue weighted by molar-refractivity contribution is 1.33. The molecule has 2 N–H and O–H groups in total. The molecule has 0 aromatic carbocycles. The minimum absolute atomic E-state index is 0.674. The zero-order chi connectivity index (χ0) is 8.69. The Bertz CT molecular complexity index is 219. The van der Waals surface area contributed by atoms with Gasteiger partial charge in [0.05, 0.1) is 11.9 Å². The highest BCUT2D eigenvalue weighted by Crippen LogP contribution is 2.08. The maximum atomic E-state index is 5.50. The molecule has 0 bridgehead atoms. The Morgan fingerprint density at radius 1 is 1.55 bits per heavy atom. The molecular formula is C9H14N2. The van der Waals surface area contributed by atoms with Crippen LogP contribution in [0.4, 0.5) is 5.69 Å². The van der Waals surface area contributed by atoms with Gasteiger partial charge in [0.1, 0.15) is 0 Å². The van der Waals surface area contributed by atoms with E-state index in [2.05, 4.69) is 11.6 Å². The highest BCUT2D eigenvalue weighted by Gasteiger charge is 1.88. The second-order valence-corrected chi connectivity index (χ2v) is 1.71. The maximum Gasteiger partial charge on any atom is 0.0573 e. The predicted octanol–water partition coefficient (Wildman–Crippen LogP) is 2.33. The lowest BCUT2D eigenvalue weighted by Crippen LogP contribution is -1.88. The van der Waals surface area contributed by atoms with Crippen molar-refractivity contribution in [3.8, 4) is 0 Å². The fraction of sp³-hybridized carbons (Fsp3) is 0.222. The summed E-state index contributed by atoms with van der Waals surface area (Å²) in [5.74, 6) is 0. The third kappa shape index (κ3) is 2.85. The van der Waals surface area contributed by atoms with Gasteiger partial charge in [0.15, 0.2) is 0 Å². The molecule has 11 heavy (non-hydrogen) atoms. The predicted molar refractivity (Wildman–Crippen MR) is 50.1 cm³/mol. The molecule has 0 unspecified atom stereocenters. The smallest absolute Gasteiger partial charge is 0.0573 e. The van der Waals surface area contributed by atoms with Gasteiger partial charge in [0, 0.05) is 6.20 Å². The number of rotatable bonds is 1. The molecule has 0 spiro atoms. The van der Waals surface area contributed by atoms with Gasteiger partial charge in [-0.1, -0.05) is 26.5 Å². The average molecular weight is 150 g/mol. The first-order chi connectivity index (χ1) is 5.34. The van der Waals surface area contributed by atoms with E-state index < -0.39 is 0 Å². The van der Waals surface area contributed by atoms with Crippen LogP contribution in [0.15, 0.2) is 25.0 Å². The molecule has 0 radical (unpaired) electrons. The van der Waals surface area contributed by atoms with E-state index in [9.17, 15) is 0 Å². The van der Waals surface area contributed by atoms with Crippen molar-refractivity contribution in [1.29, 1.82) is 0 Å². The van der Waals surface area contributed by atoms with Crippen molar-refractivity contribution < 1.29 is 0 Å². The zero-order valence-corrected chi connectivity index (χ0v) is 7.04. The Kier molecular flexibility index (Phi) is 4.82. The second kappa shape index (κ2) is 5.47. The van der Waals surface area contributed by atoms with Crippen molar-refractivity contribution in [2.24, 2.45) is 0 Å². The van der Waals surface area contributed by atoms with Crippen LogP contribution in [0.25, 0.3) is 6.08 Å². The standard InChI is InChI=1S/C7H8N2.C2H6/c1-2-6-3-4-9-5-7(6)8;1-2/h2-5H,1,8H2;1-2H3. The first-order valence-electron chi connectivity index (χ1n) is 3.66. The second-order valence-electron chi connectivity index (χ2n) is 1.71. The van der Waals surface area contributed by atoms with Crippen LogP contribution in [-0.4, -0.2) is 4.98 Å². The number of nitrogens with zero attached hydrogens (tertiary/aromatic N) is 1. The molecule has 1 aromatic rings. The summed E-state index contributed by atoms with van der Waals surface area (Å²) in [4.78, 5) is 3.82. The van der Waals surface area contributed by atoms with Crippen LogP contribution < -0.4 is 5.73 Å². The van der Waals surface area contributed by atoms with Crippen molar-refractivity contribution in [3.05, 3.63) is 30.6 Å². The number of pyridine rings is 1. The molecular weight excluding hydrogens is 136 g/mol. The molecule has 2 nitrogen and oxygen atoms in total. The average Bonchev–Trinajstić information content (AvgIpc) is 2.09. The SMILES string of the molecule is C=Cc1ccncc1N.CC. The lowest BCUT2D eigenvalue weighted by atomic mass is 10.2. The first-order valence-corrected chi connectivity index (χ1v) is 3.66. The van der Waals surface area contributed by atoms with Gasteiger partial charge in [-0.3, -0.25) is 4.98 Å². The van der Waals surface area contributed by atoms with Gasteiger partial charge in [-0.05, 0) is 11.6 Å². The fourth-order valence-corrected chi connectivity index (χ4v) is 0.603. The highest BCUT2D eigenvalue weighted by molar-refractivity contribution is 5.61. The summed E-state index contributed by atoms with van der Waals surface area (Å²) in [6.45, 7) is 7.58. The van der Waals surface area contributed by atoms with Crippen LogP contribution in [0, 0.1) is 0 Å². The lowest BCUT2D eigenvalue weighted by Gasteiger charge is -1.94. The monoisotopic (exact) mass is 150 g/mol. The molecule has 1 rings (SSSR count). The van der Waals surface area contributed by atoms with Crippen molar-refractivity contribution in [2.75, 3.05) is 5.73 Å². The van der Waals surface area contributed by atoms with Crippen molar-refractivity contribution >= 4 is 11.8 Å². The summed E-state index contributed by atoms with van der Waals surface area (Å²) in [6.07, 6.45) is 5.00. The van der Waals surface area contributed by atoms with E-state index in [4.69, 9.17) is 5.73 Å². The quantitative estimate of drug-likeness (QED) is 0.667. The third-order valence-electron chi connectivity index (χ3n) is 1.11. The van der Waals surface area contributed by atoms with E-state index in [1.165, 1.54) is 0 Å². The molecule has 1 aromatic heterocycles. The zero-order valence-electron chi connectivity index (χ0n) is 7.04. The molecule has 0 amide bonds. The van der Waals surface area contributed by atoms with Gasteiger partial charge in [-0.15, -0.1) is 0 Å². The molecule has 60 valence electrons. The van der Waals surface area contributed by atoms with Gasteiger partial charge in [0.2, 0.25) is 0 Å². The van der Waals surface area contributed by atoms with E-state index in [1.54, 1.807) is 18.5 Å². The van der Waals surface area contributed by atoms with Gasteiger partial charge in [-0.2, -0.15) is 0 Å². The van der Waals surface area contributed by atoms with Gasteiger partial charge < -0.3 is 5.73 Å². The molecule has 0 aliphatic heterocycles. The number of hydrogen-bond acceptors (Lipinski definition) is 2. The van der Waals surface area contributed by atoms with Crippen molar-refractivity contribution in [1.82, 2.24) is 4.98 Å². The highest BCUT2D eigenvalue weighted by atomic mass is 14.7. The Labute approximate surface area is 67.8 Å². The van der Waals surface area contributed by atoms with Crippen LogP contribution in [0.1, 0.15) is 19.4 Å². The molecule has 0 aliphatic carbocycles. The molecule has 0 atom stereocenters. The third-order valence-corrected chi connectivity index (χ3v) is 1.11. The molecule has 1 heterocycles. The normalized spacial score (nSPS) is 7.82. The van der Waals surface area contributed by atoms with Gasteiger partial charge in [-0.25, -0.2) is 0 Å². The summed E-state index contributed by atoms with van der Waals surface area (Å²) in [6, 6.07) is 1.82. The summed E-state index contributed by atoms with van der Waals surface area (Å²) in [5.41, 5.74) is 7.11. The minimum atomic E-state index is 0.674. The van der Waals surface area contributed by atoms with Gasteiger partial charge in [0.25, 0.3) is 0 Å². The summed E-state index contributed by atoms with van der Waals surface area (Å²) >= 11 is 0. The molecule has 2 heteroatoms. The maximum absolute atomic E-state index is 5.50. The van der Waals surface area contributed by atoms with Crippen molar-refractivity contribution in [2.45, 2.75) is 13.8 Å². The van der Waals surface area contributed by atoms with E-state index in [1.807, 2.05) is 19.9 Å². The van der Waals surface area contributed by atoms with Crippen LogP contribution in [-0.2, 0) is 0 Å². The Morgan fingerprint density at radius 2 is 2.18 bits per heavy atom. The Balaban J connectivity index is 0.000000461. The number of nitrogens with two attached hydrogens (primary N) is 1. The summed E-state index contributed by atoms with van der Waals surface area (Å²) in [5, 5.41) is 0. The number of anilines is 1. The molecule has 0 saturated carbocycles. The van der Waals surface area contributed by atoms with E-state index in [-0.39, 0.29) is 0 Å². The summed E-state index contributed by atoms with van der Waals surface area (Å²) in [7, 11) is 0. The van der Waals surface area contributed by atoms with E-state index >= 15 is 0 Å². The number of aromatic nitrogens is 1. The number of nitrogen functional groups attached to an aromatic ring is 1. The van der Waals surface area contributed by atoms with Crippen LogP contribution in [0.3, 0.4) is 0 Å². The summed E-state index contributed by atoms with van der Waals surface area (Å²) < 4.78 is 0. The molecule has 0 fully saturated rings. The van der Waals surface area contributed by atoms with Crippen LogP contribution in [0.5, 0.6) is 0 Å². The Morgan fingerprint density at radius 3 is 2.55 bits per heavy atom. The minimum Gasteiger partial charge on any atom is -0.397 e. The number of hydrogen-bond donors (Lipinski definition) is 1. The molecule has 0 aliphatic rings.